The van der Waals surface area contributed by atoms with Gasteiger partial charge in [-0.05, 0) is 68.4 Å². The molecule has 11 aromatic rings. The van der Waals surface area contributed by atoms with Crippen LogP contribution in [0.1, 0.15) is 25.0 Å². The predicted octanol–water partition coefficient (Wildman–Crippen LogP) is 15.2. The fourth-order valence-electron chi connectivity index (χ4n) is 9.50. The molecule has 0 amide bonds. The first-order chi connectivity index (χ1) is 29.5. The maximum Gasteiger partial charge on any atom is 0.160 e. The number of hydrogen-bond acceptors (Lipinski definition) is 4. The van der Waals surface area contributed by atoms with Gasteiger partial charge in [0.15, 0.2) is 5.82 Å². The minimum Gasteiger partial charge on any atom is -0.247 e. The van der Waals surface area contributed by atoms with E-state index in [-0.39, 0.29) is 5.41 Å². The van der Waals surface area contributed by atoms with Crippen molar-refractivity contribution in [2.45, 2.75) is 19.3 Å². The second-order valence-corrected chi connectivity index (χ2v) is 17.4. The number of benzene rings is 8. The van der Waals surface area contributed by atoms with Gasteiger partial charge in [-0.3, -0.25) is 0 Å². The van der Waals surface area contributed by atoms with E-state index in [0.717, 1.165) is 55.6 Å². The van der Waals surface area contributed by atoms with Crippen LogP contribution in [0.3, 0.4) is 0 Å². The van der Waals surface area contributed by atoms with Crippen molar-refractivity contribution >= 4 is 53.2 Å². The van der Waals surface area contributed by atoms with Crippen molar-refractivity contribution in [1.29, 1.82) is 0 Å². The molecule has 0 bridgehead atoms. The summed E-state index contributed by atoms with van der Waals surface area (Å²) in [7, 11) is 0. The smallest absolute Gasteiger partial charge is 0.160 e. The van der Waals surface area contributed by atoms with Crippen LogP contribution < -0.4 is 0 Å². The number of rotatable bonds is 5. The molecular formula is C56H37N3S. The zero-order valence-electron chi connectivity index (χ0n) is 33.1. The molecule has 0 saturated carbocycles. The third kappa shape index (κ3) is 5.38. The van der Waals surface area contributed by atoms with Crippen molar-refractivity contribution in [2.75, 3.05) is 0 Å². The largest absolute Gasteiger partial charge is 0.247 e. The quantitative estimate of drug-likeness (QED) is 0.174. The molecule has 3 heterocycles. The lowest BCUT2D eigenvalue weighted by Gasteiger charge is -2.22. The Bertz CT molecular complexity index is 3510. The Hall–Kier alpha value is -7.27. The van der Waals surface area contributed by atoms with E-state index in [2.05, 4.69) is 184 Å². The van der Waals surface area contributed by atoms with Crippen LogP contribution in [-0.2, 0) is 5.41 Å². The second kappa shape index (κ2) is 13.4. The van der Waals surface area contributed by atoms with E-state index in [1.807, 2.05) is 29.5 Å². The molecule has 0 aliphatic heterocycles. The molecule has 3 aromatic heterocycles. The van der Waals surface area contributed by atoms with E-state index in [1.165, 1.54) is 58.9 Å². The molecule has 0 spiro atoms. The summed E-state index contributed by atoms with van der Waals surface area (Å²) in [6.07, 6.45) is 0. The van der Waals surface area contributed by atoms with Gasteiger partial charge in [0.2, 0.25) is 0 Å². The molecule has 0 saturated heterocycles. The number of para-hydroxylation sites is 1. The van der Waals surface area contributed by atoms with Gasteiger partial charge in [0.25, 0.3) is 0 Å². The molecular weight excluding hydrogens is 747 g/mol. The van der Waals surface area contributed by atoms with E-state index in [0.29, 0.717) is 5.82 Å². The van der Waals surface area contributed by atoms with Crippen LogP contribution >= 0.6 is 11.3 Å². The van der Waals surface area contributed by atoms with Crippen molar-refractivity contribution in [3.8, 4) is 67.4 Å². The molecule has 4 heteroatoms. The van der Waals surface area contributed by atoms with E-state index >= 15 is 0 Å². The number of thiophene rings is 1. The van der Waals surface area contributed by atoms with Crippen molar-refractivity contribution in [2.24, 2.45) is 0 Å². The summed E-state index contributed by atoms with van der Waals surface area (Å²) in [4.78, 5) is 15.9. The van der Waals surface area contributed by atoms with Gasteiger partial charge in [-0.1, -0.05) is 178 Å². The predicted molar refractivity (Wildman–Crippen MR) is 252 cm³/mol. The Morgan fingerprint density at radius 2 is 1.00 bits per heavy atom. The molecule has 1 aliphatic carbocycles. The van der Waals surface area contributed by atoms with Crippen LogP contribution in [-0.4, -0.2) is 15.0 Å². The standard InChI is InChI=1S/C56H37N3S/c1-56(2)46-21-11-8-18-40(46)41-29-28-37(32-47(41)56)34-24-26-35(27-25-34)49-33-50(59-55(58-49)36-14-4-3-5-15-36)42-30-31-43(39-17-7-6-16-38(39)42)53-52-45-20-10-13-23-51(45)60-54(52)44-19-9-12-22-48(44)57-53/h3-33H,1-2H3. The van der Waals surface area contributed by atoms with Gasteiger partial charge in [0.05, 0.1) is 22.6 Å². The van der Waals surface area contributed by atoms with Gasteiger partial charge in [-0.25, -0.2) is 15.0 Å². The normalized spacial score (nSPS) is 13.0. The maximum absolute atomic E-state index is 5.40. The lowest BCUT2D eigenvalue weighted by molar-refractivity contribution is 0.660. The zero-order valence-corrected chi connectivity index (χ0v) is 34.0. The average molecular weight is 784 g/mol. The Morgan fingerprint density at radius 3 is 1.83 bits per heavy atom. The molecule has 0 fully saturated rings. The number of hydrogen-bond donors (Lipinski definition) is 0. The summed E-state index contributed by atoms with van der Waals surface area (Å²) in [6, 6.07) is 67.5. The molecule has 0 atom stereocenters. The van der Waals surface area contributed by atoms with Gasteiger partial charge in [-0.2, -0.15) is 0 Å². The van der Waals surface area contributed by atoms with Crippen LogP contribution in [0.15, 0.2) is 188 Å². The van der Waals surface area contributed by atoms with Crippen molar-refractivity contribution in [3.05, 3.63) is 199 Å². The minimum absolute atomic E-state index is 0.0496. The van der Waals surface area contributed by atoms with E-state index in [9.17, 15) is 0 Å². The van der Waals surface area contributed by atoms with Gasteiger partial charge < -0.3 is 0 Å². The number of pyridine rings is 1. The first kappa shape index (κ1) is 34.7. The second-order valence-electron chi connectivity index (χ2n) is 16.3. The topological polar surface area (TPSA) is 38.7 Å². The first-order valence-electron chi connectivity index (χ1n) is 20.5. The van der Waals surface area contributed by atoms with Gasteiger partial charge in [0, 0.05) is 53.2 Å². The molecule has 60 heavy (non-hydrogen) atoms. The molecule has 12 rings (SSSR count). The highest BCUT2D eigenvalue weighted by molar-refractivity contribution is 7.26. The number of aromatic nitrogens is 3. The van der Waals surface area contributed by atoms with Crippen LogP contribution in [0.25, 0.3) is 109 Å². The van der Waals surface area contributed by atoms with Gasteiger partial charge in [-0.15, -0.1) is 11.3 Å². The van der Waals surface area contributed by atoms with E-state index < -0.39 is 0 Å². The zero-order chi connectivity index (χ0) is 40.0. The third-order valence-electron chi connectivity index (χ3n) is 12.5. The molecule has 0 N–H and O–H groups in total. The average Bonchev–Trinajstić information content (AvgIpc) is 3.81. The molecule has 0 radical (unpaired) electrons. The van der Waals surface area contributed by atoms with Crippen LogP contribution in [0.5, 0.6) is 0 Å². The van der Waals surface area contributed by atoms with E-state index in [4.69, 9.17) is 15.0 Å². The highest BCUT2D eigenvalue weighted by Crippen LogP contribution is 2.50. The van der Waals surface area contributed by atoms with E-state index in [1.54, 1.807) is 0 Å². The monoisotopic (exact) mass is 783 g/mol. The number of nitrogens with zero attached hydrogens (tertiary/aromatic N) is 3. The Morgan fingerprint density at radius 1 is 0.400 bits per heavy atom. The summed E-state index contributed by atoms with van der Waals surface area (Å²) in [5.41, 5.74) is 15.8. The van der Waals surface area contributed by atoms with Crippen LogP contribution in [0.2, 0.25) is 0 Å². The highest BCUT2D eigenvalue weighted by atomic mass is 32.1. The van der Waals surface area contributed by atoms with Gasteiger partial charge in [0.1, 0.15) is 0 Å². The molecule has 0 unspecified atom stereocenters. The lowest BCUT2D eigenvalue weighted by atomic mass is 9.81. The lowest BCUT2D eigenvalue weighted by Crippen LogP contribution is -2.14. The van der Waals surface area contributed by atoms with Crippen LogP contribution in [0, 0.1) is 0 Å². The van der Waals surface area contributed by atoms with Gasteiger partial charge >= 0.3 is 0 Å². The first-order valence-corrected chi connectivity index (χ1v) is 21.3. The summed E-state index contributed by atoms with van der Waals surface area (Å²) < 4.78 is 2.54. The van der Waals surface area contributed by atoms with Crippen molar-refractivity contribution in [1.82, 2.24) is 15.0 Å². The summed E-state index contributed by atoms with van der Waals surface area (Å²) in [5.74, 6) is 0.698. The molecule has 1 aliphatic rings. The third-order valence-corrected chi connectivity index (χ3v) is 13.7. The van der Waals surface area contributed by atoms with Crippen molar-refractivity contribution in [3.63, 3.8) is 0 Å². The summed E-state index contributed by atoms with van der Waals surface area (Å²) >= 11 is 1.85. The summed E-state index contributed by atoms with van der Waals surface area (Å²) in [5, 5.41) is 5.90. The fourth-order valence-corrected chi connectivity index (χ4v) is 10.7. The molecule has 3 nitrogen and oxygen atoms in total. The van der Waals surface area contributed by atoms with Crippen molar-refractivity contribution < 1.29 is 0 Å². The SMILES string of the molecule is CC1(C)c2ccccc2-c2ccc(-c3ccc(-c4cc(-c5ccc(-c6nc7ccccc7c7sc8ccccc8c67)c6ccccc56)nc(-c5ccccc5)n4)cc3)cc21. The molecule has 282 valence electrons. The summed E-state index contributed by atoms with van der Waals surface area (Å²) in [6.45, 7) is 4.67. The Balaban J connectivity index is 0.993. The minimum atomic E-state index is -0.0496. The fraction of sp³-hybridized carbons (Fsp3) is 0.0536. The number of fused-ring (bicyclic) bond motifs is 9. The van der Waals surface area contributed by atoms with Crippen LogP contribution in [0.4, 0.5) is 0 Å². The molecule has 8 aromatic carbocycles. The Kier molecular flexibility index (Phi) is 7.75. The Labute approximate surface area is 352 Å². The maximum atomic E-state index is 5.40. The highest BCUT2D eigenvalue weighted by Gasteiger charge is 2.35.